The minimum absolute atomic E-state index is 0.337. The summed E-state index contributed by atoms with van der Waals surface area (Å²) in [5.41, 5.74) is -0.106. The molecule has 1 atom stereocenters. The number of carboxylic acids is 1. The fourth-order valence-electron chi connectivity index (χ4n) is 3.36. The molecule has 0 amide bonds. The van der Waals surface area contributed by atoms with E-state index in [1.807, 2.05) is 69.3 Å². The highest BCUT2D eigenvalue weighted by Gasteiger charge is 2.51. The Hall–Kier alpha value is -2.49. The van der Waals surface area contributed by atoms with Crippen molar-refractivity contribution in [3.05, 3.63) is 59.7 Å². The van der Waals surface area contributed by atoms with Crippen LogP contribution in [0.15, 0.2) is 48.5 Å². The van der Waals surface area contributed by atoms with Gasteiger partial charge in [-0.05, 0) is 35.6 Å². The van der Waals surface area contributed by atoms with Crippen molar-refractivity contribution in [2.24, 2.45) is 5.41 Å². The van der Waals surface area contributed by atoms with Crippen LogP contribution in [0.3, 0.4) is 0 Å². The van der Waals surface area contributed by atoms with E-state index in [1.54, 1.807) is 14.2 Å². The molecule has 2 aromatic rings. The Bertz CT molecular complexity index is 746. The summed E-state index contributed by atoms with van der Waals surface area (Å²) >= 11 is 0. The van der Waals surface area contributed by atoms with Gasteiger partial charge in [-0.15, -0.1) is 0 Å². The second-order valence-electron chi connectivity index (χ2n) is 7.19. The molecule has 0 saturated carbocycles. The Morgan fingerprint density at radius 2 is 1.68 bits per heavy atom. The van der Waals surface area contributed by atoms with Gasteiger partial charge in [0.05, 0.1) is 14.2 Å². The van der Waals surface area contributed by atoms with E-state index in [0.29, 0.717) is 23.5 Å². The summed E-state index contributed by atoms with van der Waals surface area (Å²) in [6, 6.07) is 14.9. The lowest BCUT2D eigenvalue weighted by Crippen LogP contribution is -2.49. The van der Waals surface area contributed by atoms with E-state index in [-0.39, 0.29) is 0 Å². The van der Waals surface area contributed by atoms with Crippen molar-refractivity contribution in [1.82, 2.24) is 0 Å². The van der Waals surface area contributed by atoms with Crippen LogP contribution in [0.5, 0.6) is 11.5 Å². The molecule has 1 N–H and O–H groups in total. The summed E-state index contributed by atoms with van der Waals surface area (Å²) in [5.74, 6) is 0.431. The summed E-state index contributed by atoms with van der Waals surface area (Å²) in [6.45, 7) is 5.86. The summed E-state index contributed by atoms with van der Waals surface area (Å²) in [4.78, 5) is 12.6. The third-order valence-corrected chi connectivity index (χ3v) is 4.82. The Labute approximate surface area is 149 Å². The molecule has 4 nitrogen and oxygen atoms in total. The Morgan fingerprint density at radius 3 is 2.24 bits per heavy atom. The van der Waals surface area contributed by atoms with E-state index in [2.05, 4.69) is 0 Å². The van der Waals surface area contributed by atoms with Crippen LogP contribution in [0.4, 0.5) is 0 Å². The molecule has 2 aromatic carbocycles. The molecule has 2 rings (SSSR count). The van der Waals surface area contributed by atoms with E-state index in [0.717, 1.165) is 5.56 Å². The molecule has 0 saturated heterocycles. The molecule has 0 spiro atoms. The van der Waals surface area contributed by atoms with Crippen molar-refractivity contribution in [2.45, 2.75) is 32.6 Å². The number of hydrogen-bond donors (Lipinski definition) is 1. The number of carboxylic acid groups (broad SMARTS) is 1. The van der Waals surface area contributed by atoms with Crippen molar-refractivity contribution >= 4 is 5.97 Å². The monoisotopic (exact) mass is 342 g/mol. The molecular weight excluding hydrogens is 316 g/mol. The third-order valence-electron chi connectivity index (χ3n) is 4.82. The fraction of sp³-hybridized carbons (Fsp3) is 0.381. The van der Waals surface area contributed by atoms with Crippen molar-refractivity contribution in [3.8, 4) is 11.5 Å². The highest BCUT2D eigenvalue weighted by Crippen LogP contribution is 2.47. The van der Waals surface area contributed by atoms with E-state index < -0.39 is 16.8 Å². The Kier molecular flexibility index (Phi) is 5.41. The number of ether oxygens (including phenoxy) is 2. The topological polar surface area (TPSA) is 55.8 Å². The molecular formula is C21H26O4. The predicted molar refractivity (Wildman–Crippen MR) is 98.5 cm³/mol. The molecule has 0 fully saturated rings. The second kappa shape index (κ2) is 7.18. The molecule has 4 heteroatoms. The maximum atomic E-state index is 12.6. The van der Waals surface area contributed by atoms with Gasteiger partial charge in [-0.3, -0.25) is 4.79 Å². The largest absolute Gasteiger partial charge is 0.497 e. The van der Waals surface area contributed by atoms with Gasteiger partial charge in [-0.25, -0.2) is 0 Å². The summed E-state index contributed by atoms with van der Waals surface area (Å²) in [5, 5.41) is 10.3. The van der Waals surface area contributed by atoms with Crippen LogP contribution in [0.1, 0.15) is 31.9 Å². The van der Waals surface area contributed by atoms with Crippen molar-refractivity contribution in [3.63, 3.8) is 0 Å². The number of benzene rings is 2. The van der Waals surface area contributed by atoms with Crippen molar-refractivity contribution < 1.29 is 19.4 Å². The van der Waals surface area contributed by atoms with Crippen LogP contribution in [0, 0.1) is 5.41 Å². The first-order valence-corrected chi connectivity index (χ1v) is 8.26. The first-order valence-electron chi connectivity index (χ1n) is 8.26. The second-order valence-corrected chi connectivity index (χ2v) is 7.19. The maximum absolute atomic E-state index is 12.6. The highest BCUT2D eigenvalue weighted by atomic mass is 16.5. The Balaban J connectivity index is 2.69. The average molecular weight is 342 g/mol. The molecule has 0 heterocycles. The number of rotatable bonds is 6. The lowest BCUT2D eigenvalue weighted by atomic mass is 9.59. The number of aliphatic carboxylic acids is 1. The smallest absolute Gasteiger partial charge is 0.315 e. The zero-order chi connectivity index (χ0) is 18.7. The molecule has 0 bridgehead atoms. The SMILES string of the molecule is COc1cccc(C[C@](C(=O)O)(c2ccccc2OC)C(C)(C)C)c1. The highest BCUT2D eigenvalue weighted by molar-refractivity contribution is 5.84. The number of hydrogen-bond acceptors (Lipinski definition) is 3. The van der Waals surface area contributed by atoms with Gasteiger partial charge in [0.1, 0.15) is 16.9 Å². The lowest BCUT2D eigenvalue weighted by Gasteiger charge is -2.42. The standard InChI is InChI=1S/C21H26O4/c1-20(2,3)21(19(22)23,17-11-6-7-12-18(17)25-5)14-15-9-8-10-16(13-15)24-4/h6-13H,14H2,1-5H3,(H,22,23)/t21-/m1/s1. The van der Waals surface area contributed by atoms with Crippen LogP contribution in [-0.2, 0) is 16.6 Å². The first-order chi connectivity index (χ1) is 11.8. The normalized spacial score (nSPS) is 13.8. The van der Waals surface area contributed by atoms with Gasteiger partial charge in [0.25, 0.3) is 0 Å². The number of para-hydroxylation sites is 1. The average Bonchev–Trinajstić information content (AvgIpc) is 2.58. The molecule has 0 radical (unpaired) electrons. The van der Waals surface area contributed by atoms with E-state index >= 15 is 0 Å². The quantitative estimate of drug-likeness (QED) is 0.850. The summed E-state index contributed by atoms with van der Waals surface area (Å²) < 4.78 is 10.8. The zero-order valence-corrected chi connectivity index (χ0v) is 15.5. The van der Waals surface area contributed by atoms with E-state index in [1.165, 1.54) is 0 Å². The summed E-state index contributed by atoms with van der Waals surface area (Å²) in [6.07, 6.45) is 0.337. The van der Waals surface area contributed by atoms with E-state index in [4.69, 9.17) is 9.47 Å². The van der Waals surface area contributed by atoms with E-state index in [9.17, 15) is 9.90 Å². The van der Waals surface area contributed by atoms with Gasteiger partial charge in [0, 0.05) is 5.56 Å². The minimum Gasteiger partial charge on any atom is -0.497 e. The third kappa shape index (κ3) is 3.48. The van der Waals surface area contributed by atoms with Crippen LogP contribution in [0.2, 0.25) is 0 Å². The van der Waals surface area contributed by atoms with Crippen LogP contribution < -0.4 is 9.47 Å². The molecule has 0 aliphatic rings. The first kappa shape index (κ1) is 18.8. The van der Waals surface area contributed by atoms with Gasteiger partial charge < -0.3 is 14.6 Å². The van der Waals surface area contributed by atoms with Gasteiger partial charge >= 0.3 is 5.97 Å². The molecule has 134 valence electrons. The predicted octanol–water partition coefficient (Wildman–Crippen LogP) is 4.32. The molecule has 25 heavy (non-hydrogen) atoms. The van der Waals surface area contributed by atoms with Crippen molar-refractivity contribution in [1.29, 1.82) is 0 Å². The van der Waals surface area contributed by atoms with Crippen LogP contribution in [0.25, 0.3) is 0 Å². The minimum atomic E-state index is -1.15. The number of methoxy groups -OCH3 is 2. The van der Waals surface area contributed by atoms with Gasteiger partial charge in [0.15, 0.2) is 0 Å². The van der Waals surface area contributed by atoms with Gasteiger partial charge in [0.2, 0.25) is 0 Å². The van der Waals surface area contributed by atoms with Gasteiger partial charge in [-0.1, -0.05) is 51.1 Å². The maximum Gasteiger partial charge on any atom is 0.315 e. The van der Waals surface area contributed by atoms with Gasteiger partial charge in [-0.2, -0.15) is 0 Å². The number of carbonyl (C=O) groups is 1. The molecule has 0 unspecified atom stereocenters. The zero-order valence-electron chi connectivity index (χ0n) is 15.5. The molecule has 0 aliphatic heterocycles. The Morgan fingerprint density at radius 1 is 1.00 bits per heavy atom. The molecule has 0 aliphatic carbocycles. The van der Waals surface area contributed by atoms with Crippen LogP contribution >= 0.6 is 0 Å². The lowest BCUT2D eigenvalue weighted by molar-refractivity contribution is -0.148. The fourth-order valence-corrected chi connectivity index (χ4v) is 3.36. The van der Waals surface area contributed by atoms with Crippen LogP contribution in [-0.4, -0.2) is 25.3 Å². The molecule has 0 aromatic heterocycles. The summed E-state index contributed by atoms with van der Waals surface area (Å²) in [7, 11) is 3.17. The van der Waals surface area contributed by atoms with Crippen molar-refractivity contribution in [2.75, 3.05) is 14.2 Å².